The maximum atomic E-state index is 13.6. The SMILES string of the molecule is O=[N+]([O-])c1cccc(NCc2ccc(OCc3ccccc3F)c(Cl)c2)c1. The molecular formula is C20H16ClFN2O3. The second-order valence-corrected chi connectivity index (χ2v) is 6.21. The van der Waals surface area contributed by atoms with Crippen LogP contribution in [0, 0.1) is 15.9 Å². The first-order valence-electron chi connectivity index (χ1n) is 8.16. The maximum absolute atomic E-state index is 13.6. The van der Waals surface area contributed by atoms with Gasteiger partial charge in [0.15, 0.2) is 0 Å². The summed E-state index contributed by atoms with van der Waals surface area (Å²) in [6, 6.07) is 17.9. The van der Waals surface area contributed by atoms with E-state index >= 15 is 0 Å². The fraction of sp³-hybridized carbons (Fsp3) is 0.100. The minimum absolute atomic E-state index is 0.0231. The zero-order valence-corrected chi connectivity index (χ0v) is 14.9. The lowest BCUT2D eigenvalue weighted by Crippen LogP contribution is -2.01. The normalized spacial score (nSPS) is 10.4. The lowest BCUT2D eigenvalue weighted by Gasteiger charge is -2.11. The van der Waals surface area contributed by atoms with E-state index in [1.54, 1.807) is 42.5 Å². The molecule has 0 bridgehead atoms. The molecule has 3 aromatic rings. The van der Waals surface area contributed by atoms with Gasteiger partial charge < -0.3 is 10.1 Å². The Morgan fingerprint density at radius 1 is 1.07 bits per heavy atom. The highest BCUT2D eigenvalue weighted by Gasteiger charge is 2.08. The number of hydrogen-bond donors (Lipinski definition) is 1. The van der Waals surface area contributed by atoms with Gasteiger partial charge in [-0.25, -0.2) is 4.39 Å². The van der Waals surface area contributed by atoms with Crippen molar-refractivity contribution in [1.82, 2.24) is 0 Å². The van der Waals surface area contributed by atoms with Crippen LogP contribution in [0.5, 0.6) is 5.75 Å². The van der Waals surface area contributed by atoms with Crippen LogP contribution < -0.4 is 10.1 Å². The number of hydrogen-bond acceptors (Lipinski definition) is 4. The number of halogens is 2. The fourth-order valence-electron chi connectivity index (χ4n) is 2.48. The Bertz CT molecular complexity index is 965. The molecule has 138 valence electrons. The van der Waals surface area contributed by atoms with Gasteiger partial charge in [0.05, 0.1) is 9.95 Å². The van der Waals surface area contributed by atoms with Crippen molar-refractivity contribution in [2.75, 3.05) is 5.32 Å². The molecule has 0 aliphatic carbocycles. The first-order chi connectivity index (χ1) is 13.0. The van der Waals surface area contributed by atoms with E-state index in [1.807, 2.05) is 6.07 Å². The summed E-state index contributed by atoms with van der Waals surface area (Å²) in [7, 11) is 0. The Morgan fingerprint density at radius 2 is 1.89 bits per heavy atom. The van der Waals surface area contributed by atoms with Crippen molar-refractivity contribution in [3.05, 3.63) is 98.8 Å². The van der Waals surface area contributed by atoms with Crippen molar-refractivity contribution in [3.63, 3.8) is 0 Å². The van der Waals surface area contributed by atoms with Crippen LogP contribution in [0.2, 0.25) is 5.02 Å². The van der Waals surface area contributed by atoms with E-state index < -0.39 is 4.92 Å². The lowest BCUT2D eigenvalue weighted by molar-refractivity contribution is -0.384. The summed E-state index contributed by atoms with van der Waals surface area (Å²) >= 11 is 6.25. The molecule has 0 spiro atoms. The van der Waals surface area contributed by atoms with Gasteiger partial charge in [-0.15, -0.1) is 0 Å². The zero-order chi connectivity index (χ0) is 19.2. The molecule has 0 heterocycles. The molecular weight excluding hydrogens is 371 g/mol. The zero-order valence-electron chi connectivity index (χ0n) is 14.2. The molecule has 0 aliphatic heterocycles. The third kappa shape index (κ3) is 4.95. The molecule has 7 heteroatoms. The van der Waals surface area contributed by atoms with Crippen LogP contribution in [0.25, 0.3) is 0 Å². The standard InChI is InChI=1S/C20H16ClFN2O3/c21-18-10-14(12-23-16-5-3-6-17(11-16)24(25)26)8-9-20(18)27-13-15-4-1-2-7-19(15)22/h1-11,23H,12-13H2. The van der Waals surface area contributed by atoms with Gasteiger partial charge in [0.25, 0.3) is 5.69 Å². The Kier molecular flexibility index (Phi) is 5.88. The number of nitro benzene ring substituents is 1. The van der Waals surface area contributed by atoms with Crippen LogP contribution in [-0.2, 0) is 13.2 Å². The van der Waals surface area contributed by atoms with Crippen LogP contribution in [0.15, 0.2) is 66.7 Å². The van der Waals surface area contributed by atoms with Gasteiger partial charge in [0.1, 0.15) is 18.2 Å². The minimum atomic E-state index is -0.441. The van der Waals surface area contributed by atoms with Crippen LogP contribution in [0.3, 0.4) is 0 Å². The topological polar surface area (TPSA) is 64.4 Å². The van der Waals surface area contributed by atoms with E-state index in [0.717, 1.165) is 5.56 Å². The Labute approximate surface area is 160 Å². The third-order valence-corrected chi connectivity index (χ3v) is 4.19. The molecule has 0 amide bonds. The van der Waals surface area contributed by atoms with E-state index in [9.17, 15) is 14.5 Å². The van der Waals surface area contributed by atoms with E-state index in [-0.39, 0.29) is 18.1 Å². The molecule has 3 aromatic carbocycles. The van der Waals surface area contributed by atoms with Crippen molar-refractivity contribution in [1.29, 1.82) is 0 Å². The number of ether oxygens (including phenoxy) is 1. The average molecular weight is 387 g/mol. The summed E-state index contributed by atoms with van der Waals surface area (Å²) in [6.07, 6.45) is 0. The molecule has 0 unspecified atom stereocenters. The summed E-state index contributed by atoms with van der Waals surface area (Å²) in [4.78, 5) is 10.4. The first kappa shape index (κ1) is 18.7. The molecule has 0 fully saturated rings. The molecule has 27 heavy (non-hydrogen) atoms. The number of nitrogens with one attached hydrogen (secondary N) is 1. The van der Waals surface area contributed by atoms with Gasteiger partial charge in [-0.1, -0.05) is 41.9 Å². The number of nitrogens with zero attached hydrogens (tertiary/aromatic N) is 1. The summed E-state index contributed by atoms with van der Waals surface area (Å²) in [5.74, 6) is 0.130. The molecule has 3 rings (SSSR count). The van der Waals surface area contributed by atoms with Crippen LogP contribution in [-0.4, -0.2) is 4.92 Å². The predicted octanol–water partition coefficient (Wildman–Crippen LogP) is 5.58. The van der Waals surface area contributed by atoms with Crippen LogP contribution in [0.4, 0.5) is 15.8 Å². The van der Waals surface area contributed by atoms with Crippen LogP contribution in [0.1, 0.15) is 11.1 Å². The highest BCUT2D eigenvalue weighted by molar-refractivity contribution is 6.32. The number of anilines is 1. The van der Waals surface area contributed by atoms with E-state index in [1.165, 1.54) is 18.2 Å². The molecule has 0 radical (unpaired) electrons. The average Bonchev–Trinajstić information content (AvgIpc) is 2.67. The first-order valence-corrected chi connectivity index (χ1v) is 8.53. The van der Waals surface area contributed by atoms with Gasteiger partial charge >= 0.3 is 0 Å². The van der Waals surface area contributed by atoms with Crippen LogP contribution >= 0.6 is 11.6 Å². The third-order valence-electron chi connectivity index (χ3n) is 3.89. The summed E-state index contributed by atoms with van der Waals surface area (Å²) in [5.41, 5.74) is 1.99. The van der Waals surface area contributed by atoms with Gasteiger partial charge in [0.2, 0.25) is 0 Å². The van der Waals surface area contributed by atoms with Gasteiger partial charge in [-0.05, 0) is 29.8 Å². The summed E-state index contributed by atoms with van der Waals surface area (Å²) in [6.45, 7) is 0.520. The molecule has 5 nitrogen and oxygen atoms in total. The van der Waals surface area contributed by atoms with Crippen molar-refractivity contribution in [3.8, 4) is 5.75 Å². The molecule has 0 saturated carbocycles. The smallest absolute Gasteiger partial charge is 0.271 e. The van der Waals surface area contributed by atoms with Crippen molar-refractivity contribution < 1.29 is 14.1 Å². The highest BCUT2D eigenvalue weighted by Crippen LogP contribution is 2.27. The Balaban J connectivity index is 1.62. The monoisotopic (exact) mass is 386 g/mol. The van der Waals surface area contributed by atoms with Gasteiger partial charge in [-0.3, -0.25) is 10.1 Å². The molecule has 0 atom stereocenters. The van der Waals surface area contributed by atoms with Gasteiger partial charge in [0, 0.05) is 29.9 Å². The number of benzene rings is 3. The minimum Gasteiger partial charge on any atom is -0.487 e. The molecule has 1 N–H and O–H groups in total. The lowest BCUT2D eigenvalue weighted by atomic mass is 10.2. The highest BCUT2D eigenvalue weighted by atomic mass is 35.5. The second kappa shape index (κ2) is 8.51. The van der Waals surface area contributed by atoms with Crippen molar-refractivity contribution in [2.24, 2.45) is 0 Å². The summed E-state index contributed by atoms with van der Waals surface area (Å²) in [5, 5.41) is 14.3. The predicted molar refractivity (Wildman–Crippen MR) is 103 cm³/mol. The number of rotatable bonds is 7. The van der Waals surface area contributed by atoms with E-state index in [4.69, 9.17) is 16.3 Å². The Morgan fingerprint density at radius 3 is 2.63 bits per heavy atom. The molecule has 0 aliphatic rings. The summed E-state index contributed by atoms with van der Waals surface area (Å²) < 4.78 is 19.2. The Hall–Kier alpha value is -3.12. The van der Waals surface area contributed by atoms with Crippen molar-refractivity contribution in [2.45, 2.75) is 13.2 Å². The fourth-order valence-corrected chi connectivity index (χ4v) is 2.73. The number of nitro groups is 1. The van der Waals surface area contributed by atoms with Gasteiger partial charge in [-0.2, -0.15) is 0 Å². The quantitative estimate of drug-likeness (QED) is 0.425. The maximum Gasteiger partial charge on any atom is 0.271 e. The molecule has 0 aromatic heterocycles. The number of non-ortho nitro benzene ring substituents is 1. The molecule has 0 saturated heterocycles. The van der Waals surface area contributed by atoms with E-state index in [2.05, 4.69) is 5.32 Å². The largest absolute Gasteiger partial charge is 0.487 e. The van der Waals surface area contributed by atoms with E-state index in [0.29, 0.717) is 28.6 Å². The second-order valence-electron chi connectivity index (χ2n) is 5.81. The van der Waals surface area contributed by atoms with Crippen molar-refractivity contribution >= 4 is 23.0 Å².